The van der Waals surface area contributed by atoms with Crippen LogP contribution in [0.4, 0.5) is 0 Å². The lowest BCUT2D eigenvalue weighted by Gasteiger charge is -2.18. The van der Waals surface area contributed by atoms with Crippen LogP contribution in [0.2, 0.25) is 0 Å². The van der Waals surface area contributed by atoms with Crippen molar-refractivity contribution in [1.29, 1.82) is 0 Å². The maximum absolute atomic E-state index is 12.5. The van der Waals surface area contributed by atoms with E-state index in [1.54, 1.807) is 4.68 Å². The summed E-state index contributed by atoms with van der Waals surface area (Å²) in [7, 11) is 0. The van der Waals surface area contributed by atoms with Crippen molar-refractivity contribution >= 4 is 17.7 Å². The number of aromatic nitrogens is 4. The fourth-order valence-corrected chi connectivity index (χ4v) is 3.58. The summed E-state index contributed by atoms with van der Waals surface area (Å²) in [6, 6.07) is 18.0. The number of aryl methyl sites for hydroxylation is 1. The molecular formula is C20H23N5OS. The first kappa shape index (κ1) is 19.1. The summed E-state index contributed by atoms with van der Waals surface area (Å²) in [6.45, 7) is 4.13. The van der Waals surface area contributed by atoms with Crippen LogP contribution in [0.15, 0.2) is 59.8 Å². The van der Waals surface area contributed by atoms with E-state index in [0.717, 1.165) is 29.7 Å². The normalized spacial score (nSPS) is 11.9. The molecule has 2 aromatic carbocycles. The van der Waals surface area contributed by atoms with Crippen molar-refractivity contribution in [3.8, 4) is 5.69 Å². The van der Waals surface area contributed by atoms with Crippen LogP contribution >= 0.6 is 11.8 Å². The molecule has 0 unspecified atom stereocenters. The highest BCUT2D eigenvalue weighted by Gasteiger charge is 2.16. The van der Waals surface area contributed by atoms with Crippen molar-refractivity contribution in [3.63, 3.8) is 0 Å². The fourth-order valence-electron chi connectivity index (χ4n) is 2.88. The van der Waals surface area contributed by atoms with Crippen LogP contribution in [0.1, 0.15) is 36.9 Å². The second-order valence-corrected chi connectivity index (χ2v) is 7.21. The molecule has 1 amide bonds. The number of amides is 1. The summed E-state index contributed by atoms with van der Waals surface area (Å²) in [5.74, 6) is 0.237. The summed E-state index contributed by atoms with van der Waals surface area (Å²) in [4.78, 5) is 12.5. The molecule has 0 aliphatic rings. The number of nitrogens with zero attached hydrogens (tertiary/aromatic N) is 4. The molecule has 0 spiro atoms. The van der Waals surface area contributed by atoms with E-state index in [9.17, 15) is 4.79 Å². The van der Waals surface area contributed by atoms with Gasteiger partial charge in [0.05, 0.1) is 17.5 Å². The van der Waals surface area contributed by atoms with Crippen molar-refractivity contribution in [2.24, 2.45) is 0 Å². The van der Waals surface area contributed by atoms with E-state index in [2.05, 4.69) is 27.8 Å². The molecule has 3 aromatic rings. The molecule has 1 heterocycles. The molecular weight excluding hydrogens is 358 g/mol. The van der Waals surface area contributed by atoms with Crippen LogP contribution in [0.3, 0.4) is 0 Å². The molecule has 27 heavy (non-hydrogen) atoms. The molecule has 0 radical (unpaired) electrons. The Labute approximate surface area is 163 Å². The van der Waals surface area contributed by atoms with Gasteiger partial charge in [-0.15, -0.1) is 5.10 Å². The summed E-state index contributed by atoms with van der Waals surface area (Å²) in [6.07, 6.45) is 1.90. The first-order valence-corrected chi connectivity index (χ1v) is 9.99. The number of tetrazole rings is 1. The van der Waals surface area contributed by atoms with E-state index < -0.39 is 0 Å². The van der Waals surface area contributed by atoms with Crippen LogP contribution in [-0.4, -0.2) is 31.9 Å². The number of benzene rings is 2. The van der Waals surface area contributed by atoms with Crippen molar-refractivity contribution in [3.05, 3.63) is 65.7 Å². The highest BCUT2D eigenvalue weighted by atomic mass is 32.2. The minimum atomic E-state index is -0.0263. The zero-order valence-electron chi connectivity index (χ0n) is 15.5. The number of thioether (sulfide) groups is 1. The zero-order valence-corrected chi connectivity index (χ0v) is 16.3. The molecule has 1 aromatic heterocycles. The van der Waals surface area contributed by atoms with E-state index in [-0.39, 0.29) is 17.7 Å². The van der Waals surface area contributed by atoms with Gasteiger partial charge >= 0.3 is 0 Å². The molecule has 1 N–H and O–H groups in total. The number of rotatable bonds is 8. The lowest BCUT2D eigenvalue weighted by molar-refractivity contribution is -0.119. The molecule has 0 fully saturated rings. The van der Waals surface area contributed by atoms with Crippen molar-refractivity contribution < 1.29 is 4.79 Å². The Morgan fingerprint density at radius 3 is 2.63 bits per heavy atom. The Morgan fingerprint density at radius 2 is 1.89 bits per heavy atom. The number of carbonyl (C=O) groups excluding carboxylic acids is 1. The molecule has 0 aliphatic heterocycles. The van der Waals surface area contributed by atoms with Gasteiger partial charge in [0.2, 0.25) is 11.1 Å². The second-order valence-electron chi connectivity index (χ2n) is 6.27. The number of hydrogen-bond donors (Lipinski definition) is 1. The Hall–Kier alpha value is -2.67. The molecule has 3 rings (SSSR count). The molecule has 0 bridgehead atoms. The predicted molar refractivity (Wildman–Crippen MR) is 107 cm³/mol. The summed E-state index contributed by atoms with van der Waals surface area (Å²) in [5.41, 5.74) is 3.11. The number of carbonyl (C=O) groups is 1. The molecule has 1 atom stereocenters. The largest absolute Gasteiger partial charge is 0.349 e. The maximum atomic E-state index is 12.5. The topological polar surface area (TPSA) is 72.7 Å². The molecule has 7 heteroatoms. The van der Waals surface area contributed by atoms with Crippen molar-refractivity contribution in [2.75, 3.05) is 5.75 Å². The monoisotopic (exact) mass is 381 g/mol. The molecule has 0 aliphatic carbocycles. The van der Waals surface area contributed by atoms with Crippen molar-refractivity contribution in [2.45, 2.75) is 37.9 Å². The molecule has 140 valence electrons. The third-order valence-electron chi connectivity index (χ3n) is 4.23. The van der Waals surface area contributed by atoms with Gasteiger partial charge in [-0.25, -0.2) is 0 Å². The van der Waals surface area contributed by atoms with Crippen LogP contribution in [0, 0.1) is 6.92 Å². The van der Waals surface area contributed by atoms with Crippen molar-refractivity contribution in [1.82, 2.24) is 25.5 Å². The molecule has 6 nitrogen and oxygen atoms in total. The summed E-state index contributed by atoms with van der Waals surface area (Å²) < 4.78 is 1.67. The van der Waals surface area contributed by atoms with Crippen LogP contribution < -0.4 is 5.32 Å². The van der Waals surface area contributed by atoms with Gasteiger partial charge in [-0.2, -0.15) is 4.68 Å². The van der Waals surface area contributed by atoms with E-state index in [4.69, 9.17) is 0 Å². The maximum Gasteiger partial charge on any atom is 0.230 e. The number of para-hydroxylation sites is 1. The van der Waals surface area contributed by atoms with Gasteiger partial charge in [-0.05, 0) is 41.0 Å². The van der Waals surface area contributed by atoms with Crippen LogP contribution in [-0.2, 0) is 4.79 Å². The highest BCUT2D eigenvalue weighted by Crippen LogP contribution is 2.22. The number of nitrogens with one attached hydrogen (secondary N) is 1. The van der Waals surface area contributed by atoms with Gasteiger partial charge in [0.15, 0.2) is 0 Å². The minimum Gasteiger partial charge on any atom is -0.349 e. The van der Waals surface area contributed by atoms with E-state index >= 15 is 0 Å². The average Bonchev–Trinajstić information content (AvgIpc) is 3.15. The van der Waals surface area contributed by atoms with E-state index in [1.165, 1.54) is 11.8 Å². The average molecular weight is 382 g/mol. The molecule has 0 saturated carbocycles. The Morgan fingerprint density at radius 1 is 1.15 bits per heavy atom. The first-order chi connectivity index (χ1) is 13.2. The quantitative estimate of drug-likeness (QED) is 0.602. The fraction of sp³-hybridized carbons (Fsp3) is 0.300. The summed E-state index contributed by atoms with van der Waals surface area (Å²) >= 11 is 1.34. The van der Waals surface area contributed by atoms with Gasteiger partial charge in [-0.1, -0.05) is 73.6 Å². The Balaban J connectivity index is 1.64. The van der Waals surface area contributed by atoms with Gasteiger partial charge in [0.25, 0.3) is 0 Å². The standard InChI is InChI=1S/C20H23N5OS/c1-3-9-17(16-11-5-4-6-12-16)21-19(26)14-27-20-22-23-24-25(20)18-13-8-7-10-15(18)2/h4-8,10-13,17H,3,9,14H2,1-2H3,(H,21,26)/t17-/m0/s1. The van der Waals surface area contributed by atoms with Gasteiger partial charge in [-0.3, -0.25) is 4.79 Å². The van der Waals surface area contributed by atoms with Gasteiger partial charge < -0.3 is 5.32 Å². The zero-order chi connectivity index (χ0) is 19.1. The number of hydrogen-bond acceptors (Lipinski definition) is 5. The highest BCUT2D eigenvalue weighted by molar-refractivity contribution is 7.99. The Kier molecular flexibility index (Phi) is 6.59. The van der Waals surface area contributed by atoms with E-state index in [1.807, 2.05) is 61.5 Å². The minimum absolute atomic E-state index is 0.0247. The first-order valence-electron chi connectivity index (χ1n) is 9.00. The smallest absolute Gasteiger partial charge is 0.230 e. The third-order valence-corrected chi connectivity index (χ3v) is 5.15. The van der Waals surface area contributed by atoms with Crippen LogP contribution in [0.5, 0.6) is 0 Å². The van der Waals surface area contributed by atoms with Gasteiger partial charge in [0.1, 0.15) is 0 Å². The summed E-state index contributed by atoms with van der Waals surface area (Å²) in [5, 5.41) is 15.6. The SMILES string of the molecule is CCC[C@H](NC(=O)CSc1nnnn1-c1ccccc1C)c1ccccc1. The van der Waals surface area contributed by atoms with Crippen LogP contribution in [0.25, 0.3) is 5.69 Å². The lowest BCUT2D eigenvalue weighted by atomic mass is 10.0. The predicted octanol–water partition coefficient (Wildman–Crippen LogP) is 3.72. The van der Waals surface area contributed by atoms with E-state index in [0.29, 0.717) is 5.16 Å². The Bertz CT molecular complexity index is 881. The van der Waals surface area contributed by atoms with Gasteiger partial charge in [0, 0.05) is 0 Å². The molecule has 0 saturated heterocycles. The second kappa shape index (κ2) is 9.32. The third kappa shape index (κ3) is 4.95. The lowest BCUT2D eigenvalue weighted by Crippen LogP contribution is -2.30.